The van der Waals surface area contributed by atoms with Crippen molar-refractivity contribution >= 4 is 40.9 Å². The van der Waals surface area contributed by atoms with Gasteiger partial charge in [0.25, 0.3) is 5.91 Å². The average Bonchev–Trinajstić information content (AvgIpc) is 3.21. The topological polar surface area (TPSA) is 88.9 Å². The molecule has 1 heterocycles. The van der Waals surface area contributed by atoms with E-state index in [-0.39, 0.29) is 17.6 Å². The SMILES string of the molecule is C=CCn1c(SCC(=O)Nc2ccccc2C(C)C)nnc1[C@H](C)NC(=O)c1ccc(Cl)cc1. The monoisotopic (exact) mass is 497 g/mol. The highest BCUT2D eigenvalue weighted by Gasteiger charge is 2.20. The molecule has 0 fully saturated rings. The number of benzene rings is 2. The third kappa shape index (κ3) is 6.48. The van der Waals surface area contributed by atoms with Crippen LogP contribution in [0.5, 0.6) is 0 Å². The molecule has 0 spiro atoms. The Kier molecular flexibility index (Phi) is 8.90. The van der Waals surface area contributed by atoms with Crippen molar-refractivity contribution in [1.29, 1.82) is 0 Å². The summed E-state index contributed by atoms with van der Waals surface area (Å²) in [5.41, 5.74) is 2.40. The van der Waals surface area contributed by atoms with E-state index >= 15 is 0 Å². The molecule has 7 nitrogen and oxygen atoms in total. The fourth-order valence-corrected chi connectivity index (χ4v) is 4.29. The van der Waals surface area contributed by atoms with Crippen molar-refractivity contribution in [3.63, 3.8) is 0 Å². The minimum absolute atomic E-state index is 0.128. The van der Waals surface area contributed by atoms with Gasteiger partial charge in [-0.1, -0.05) is 61.5 Å². The number of amides is 2. The fourth-order valence-electron chi connectivity index (χ4n) is 3.40. The first-order valence-electron chi connectivity index (χ1n) is 10.9. The zero-order valence-electron chi connectivity index (χ0n) is 19.4. The zero-order valence-corrected chi connectivity index (χ0v) is 21.0. The first-order valence-corrected chi connectivity index (χ1v) is 12.3. The van der Waals surface area contributed by atoms with Gasteiger partial charge in [0, 0.05) is 22.8 Å². The van der Waals surface area contributed by atoms with E-state index in [0.29, 0.717) is 34.0 Å². The van der Waals surface area contributed by atoms with Crippen LogP contribution in [0.4, 0.5) is 5.69 Å². The van der Waals surface area contributed by atoms with Crippen LogP contribution in [0.3, 0.4) is 0 Å². The summed E-state index contributed by atoms with van der Waals surface area (Å²) < 4.78 is 1.85. The molecule has 0 radical (unpaired) electrons. The summed E-state index contributed by atoms with van der Waals surface area (Å²) in [6.45, 7) is 10.3. The number of hydrogen-bond donors (Lipinski definition) is 2. The minimum Gasteiger partial charge on any atom is -0.342 e. The Bertz CT molecular complexity index is 1160. The van der Waals surface area contributed by atoms with Crippen molar-refractivity contribution in [2.24, 2.45) is 0 Å². The maximum atomic E-state index is 12.6. The van der Waals surface area contributed by atoms with Crippen LogP contribution < -0.4 is 10.6 Å². The number of carbonyl (C=O) groups excluding carboxylic acids is 2. The van der Waals surface area contributed by atoms with Crippen molar-refractivity contribution < 1.29 is 9.59 Å². The van der Waals surface area contributed by atoms with Crippen LogP contribution in [0.2, 0.25) is 5.02 Å². The van der Waals surface area contributed by atoms with E-state index in [1.807, 2.05) is 35.8 Å². The van der Waals surface area contributed by atoms with E-state index in [9.17, 15) is 9.59 Å². The minimum atomic E-state index is -0.406. The van der Waals surface area contributed by atoms with E-state index in [1.165, 1.54) is 11.8 Å². The second kappa shape index (κ2) is 11.9. The Morgan fingerprint density at radius 2 is 1.82 bits per heavy atom. The number of carbonyl (C=O) groups is 2. The summed E-state index contributed by atoms with van der Waals surface area (Å²) in [5.74, 6) is 0.682. The Morgan fingerprint density at radius 1 is 1.12 bits per heavy atom. The number of nitrogens with one attached hydrogen (secondary N) is 2. The van der Waals surface area contributed by atoms with Gasteiger partial charge in [-0.2, -0.15) is 0 Å². The summed E-state index contributed by atoms with van der Waals surface area (Å²) in [6, 6.07) is 14.0. The molecule has 0 aliphatic rings. The number of anilines is 1. The van der Waals surface area contributed by atoms with Crippen LogP contribution in [-0.4, -0.2) is 32.3 Å². The number of para-hydroxylation sites is 1. The Balaban J connectivity index is 1.67. The fraction of sp³-hybridized carbons (Fsp3) is 0.280. The third-order valence-corrected chi connectivity index (χ3v) is 6.31. The molecular weight excluding hydrogens is 470 g/mol. The zero-order chi connectivity index (χ0) is 24.7. The molecule has 2 N–H and O–H groups in total. The summed E-state index contributed by atoms with van der Waals surface area (Å²) in [5, 5.41) is 15.6. The van der Waals surface area contributed by atoms with Crippen LogP contribution in [0, 0.1) is 0 Å². The van der Waals surface area contributed by atoms with Crippen LogP contribution >= 0.6 is 23.4 Å². The van der Waals surface area contributed by atoms with Gasteiger partial charge in [0.2, 0.25) is 5.91 Å². The van der Waals surface area contributed by atoms with Crippen LogP contribution in [0.15, 0.2) is 66.3 Å². The molecule has 0 saturated carbocycles. The van der Waals surface area contributed by atoms with Gasteiger partial charge in [-0.25, -0.2) is 0 Å². The van der Waals surface area contributed by atoms with Gasteiger partial charge in [0.05, 0.1) is 11.8 Å². The second-order valence-corrected chi connectivity index (χ2v) is 9.40. The number of rotatable bonds is 10. The molecule has 0 unspecified atom stereocenters. The van der Waals surface area contributed by atoms with Crippen molar-refractivity contribution in [2.45, 2.75) is 44.4 Å². The number of hydrogen-bond acceptors (Lipinski definition) is 5. The smallest absolute Gasteiger partial charge is 0.251 e. The summed E-state index contributed by atoms with van der Waals surface area (Å²) in [4.78, 5) is 25.2. The largest absolute Gasteiger partial charge is 0.342 e. The van der Waals surface area contributed by atoms with Gasteiger partial charge in [-0.05, 0) is 48.7 Å². The lowest BCUT2D eigenvalue weighted by Gasteiger charge is -2.15. The average molecular weight is 498 g/mol. The standard InChI is InChI=1S/C25H28ClN5O2S/c1-5-14-31-23(17(4)27-24(33)18-10-12-19(26)13-11-18)29-30-25(31)34-15-22(32)28-21-9-7-6-8-20(21)16(2)3/h5-13,16-17H,1,14-15H2,2-4H3,(H,27,33)(H,28,32)/t17-/m0/s1. The predicted octanol–water partition coefficient (Wildman–Crippen LogP) is 5.46. The highest BCUT2D eigenvalue weighted by Crippen LogP contribution is 2.25. The maximum absolute atomic E-state index is 12.6. The molecule has 2 aromatic carbocycles. The van der Waals surface area contributed by atoms with Crippen molar-refractivity contribution in [2.75, 3.05) is 11.1 Å². The third-order valence-electron chi connectivity index (χ3n) is 5.09. The highest BCUT2D eigenvalue weighted by atomic mass is 35.5. The lowest BCUT2D eigenvalue weighted by molar-refractivity contribution is -0.113. The number of allylic oxidation sites excluding steroid dienone is 1. The van der Waals surface area contributed by atoms with Crippen LogP contribution in [0.25, 0.3) is 0 Å². The molecule has 0 aliphatic carbocycles. The van der Waals surface area contributed by atoms with Crippen LogP contribution in [-0.2, 0) is 11.3 Å². The van der Waals surface area contributed by atoms with Gasteiger partial charge < -0.3 is 15.2 Å². The molecular formula is C25H28ClN5O2S. The van der Waals surface area contributed by atoms with E-state index in [1.54, 1.807) is 30.3 Å². The normalized spacial score (nSPS) is 11.8. The summed E-state index contributed by atoms with van der Waals surface area (Å²) >= 11 is 7.19. The molecule has 9 heteroatoms. The maximum Gasteiger partial charge on any atom is 0.251 e. The van der Waals surface area contributed by atoms with Gasteiger partial charge in [0.15, 0.2) is 11.0 Å². The quantitative estimate of drug-likeness (QED) is 0.286. The van der Waals surface area contributed by atoms with Crippen molar-refractivity contribution in [3.8, 4) is 0 Å². The Labute approximate surface area is 209 Å². The van der Waals surface area contributed by atoms with E-state index in [2.05, 4.69) is 41.3 Å². The second-order valence-electron chi connectivity index (χ2n) is 8.02. The molecule has 0 aliphatic heterocycles. The van der Waals surface area contributed by atoms with Gasteiger partial charge in [-0.15, -0.1) is 16.8 Å². The van der Waals surface area contributed by atoms with Crippen LogP contribution in [0.1, 0.15) is 54.5 Å². The first-order chi connectivity index (χ1) is 16.3. The van der Waals surface area contributed by atoms with E-state index < -0.39 is 6.04 Å². The predicted molar refractivity (Wildman–Crippen MR) is 137 cm³/mol. The molecule has 0 saturated heterocycles. The molecule has 3 rings (SSSR count). The van der Waals surface area contributed by atoms with Gasteiger partial charge in [-0.3, -0.25) is 9.59 Å². The molecule has 178 valence electrons. The molecule has 1 atom stereocenters. The van der Waals surface area contributed by atoms with Crippen molar-refractivity contribution in [3.05, 3.63) is 83.2 Å². The summed E-state index contributed by atoms with van der Waals surface area (Å²) in [7, 11) is 0. The van der Waals surface area contributed by atoms with Gasteiger partial charge in [0.1, 0.15) is 0 Å². The van der Waals surface area contributed by atoms with Crippen molar-refractivity contribution in [1.82, 2.24) is 20.1 Å². The lowest BCUT2D eigenvalue weighted by Crippen LogP contribution is -2.28. The first kappa shape index (κ1) is 25.5. The number of halogens is 1. The molecule has 2 amide bonds. The molecule has 34 heavy (non-hydrogen) atoms. The van der Waals surface area contributed by atoms with E-state index in [4.69, 9.17) is 11.6 Å². The number of nitrogens with zero attached hydrogens (tertiary/aromatic N) is 3. The number of aromatic nitrogens is 3. The Morgan fingerprint density at radius 3 is 2.50 bits per heavy atom. The molecule has 1 aromatic heterocycles. The Hall–Kier alpha value is -3.10. The number of thioether (sulfide) groups is 1. The summed E-state index contributed by atoms with van der Waals surface area (Å²) in [6.07, 6.45) is 1.73. The lowest BCUT2D eigenvalue weighted by atomic mass is 10.0. The van der Waals surface area contributed by atoms with Gasteiger partial charge >= 0.3 is 0 Å². The highest BCUT2D eigenvalue weighted by molar-refractivity contribution is 7.99. The molecule has 3 aromatic rings. The van der Waals surface area contributed by atoms with E-state index in [0.717, 1.165) is 11.3 Å². The molecule has 0 bridgehead atoms.